The highest BCUT2D eigenvalue weighted by Crippen LogP contribution is 2.24. The summed E-state index contributed by atoms with van der Waals surface area (Å²) < 4.78 is 1.44. The van der Waals surface area contributed by atoms with Gasteiger partial charge in [-0.1, -0.05) is 30.3 Å². The minimum absolute atomic E-state index is 0.180. The van der Waals surface area contributed by atoms with Crippen LogP contribution in [0.2, 0.25) is 0 Å². The Hall–Kier alpha value is -2.77. The molecule has 0 spiro atoms. The molecular formula is C21H22N4O2S. The van der Waals surface area contributed by atoms with E-state index in [1.165, 1.54) is 4.57 Å². The van der Waals surface area contributed by atoms with Gasteiger partial charge in [0.15, 0.2) is 0 Å². The van der Waals surface area contributed by atoms with Crippen molar-refractivity contribution in [2.24, 2.45) is 7.05 Å². The van der Waals surface area contributed by atoms with Crippen LogP contribution in [0.4, 0.5) is 0 Å². The fourth-order valence-corrected chi connectivity index (χ4v) is 4.18. The number of nitrogens with zero attached hydrogens (tertiary/aromatic N) is 4. The normalized spacial score (nSPS) is 15.0. The maximum Gasteiger partial charge on any atom is 0.263 e. The van der Waals surface area contributed by atoms with Gasteiger partial charge in [-0.3, -0.25) is 14.5 Å². The summed E-state index contributed by atoms with van der Waals surface area (Å²) in [6.07, 6.45) is 1.66. The van der Waals surface area contributed by atoms with Crippen LogP contribution in [-0.2, 0) is 13.6 Å². The number of hydrogen-bond acceptors (Lipinski definition) is 5. The van der Waals surface area contributed by atoms with Gasteiger partial charge < -0.3 is 9.47 Å². The van der Waals surface area contributed by atoms with E-state index >= 15 is 0 Å². The molecule has 0 saturated carbocycles. The molecule has 1 fully saturated rings. The van der Waals surface area contributed by atoms with Crippen molar-refractivity contribution in [3.8, 4) is 10.6 Å². The molecule has 0 aliphatic carbocycles. The molecule has 3 aromatic rings. The standard InChI is InChI=1S/C21H22N4O2S/c1-23-9-5-8-18(20(23)26)21(27)25-12-10-24(11-13-25)14-17-15-28-19(22-17)16-6-3-2-4-7-16/h2-9,15H,10-14H2,1H3. The Balaban J connectivity index is 1.36. The largest absolute Gasteiger partial charge is 0.336 e. The van der Waals surface area contributed by atoms with Gasteiger partial charge in [0.25, 0.3) is 11.5 Å². The Morgan fingerprint density at radius 2 is 1.82 bits per heavy atom. The van der Waals surface area contributed by atoms with Crippen LogP contribution >= 0.6 is 11.3 Å². The number of amides is 1. The van der Waals surface area contributed by atoms with Crippen LogP contribution in [0.5, 0.6) is 0 Å². The van der Waals surface area contributed by atoms with Gasteiger partial charge in [-0.2, -0.15) is 0 Å². The second kappa shape index (κ2) is 8.08. The summed E-state index contributed by atoms with van der Waals surface area (Å²) in [5.74, 6) is -0.180. The van der Waals surface area contributed by atoms with Crippen molar-refractivity contribution < 1.29 is 4.79 Å². The zero-order chi connectivity index (χ0) is 19.5. The summed E-state index contributed by atoms with van der Waals surface area (Å²) in [6, 6.07) is 13.5. The number of pyridine rings is 1. The van der Waals surface area contributed by atoms with Crippen LogP contribution in [-0.4, -0.2) is 51.4 Å². The fourth-order valence-electron chi connectivity index (χ4n) is 3.36. The Morgan fingerprint density at radius 1 is 1.07 bits per heavy atom. The van der Waals surface area contributed by atoms with E-state index in [4.69, 9.17) is 4.98 Å². The number of hydrogen-bond donors (Lipinski definition) is 0. The van der Waals surface area contributed by atoms with Crippen LogP contribution in [0, 0.1) is 0 Å². The lowest BCUT2D eigenvalue weighted by atomic mass is 10.2. The molecule has 0 bridgehead atoms. The number of aryl methyl sites for hydroxylation is 1. The van der Waals surface area contributed by atoms with E-state index in [0.717, 1.165) is 35.9 Å². The average Bonchev–Trinajstić information content (AvgIpc) is 3.19. The molecule has 0 atom stereocenters. The number of piperazine rings is 1. The monoisotopic (exact) mass is 394 g/mol. The predicted molar refractivity (Wildman–Crippen MR) is 110 cm³/mol. The number of thiazole rings is 1. The zero-order valence-electron chi connectivity index (χ0n) is 15.7. The average molecular weight is 395 g/mol. The Labute approximate surface area is 167 Å². The Bertz CT molecular complexity index is 1020. The summed E-state index contributed by atoms with van der Waals surface area (Å²) in [5.41, 5.74) is 2.19. The maximum absolute atomic E-state index is 12.7. The molecule has 1 amide bonds. The van der Waals surface area contributed by atoms with E-state index in [-0.39, 0.29) is 17.0 Å². The molecular weight excluding hydrogens is 372 g/mol. The van der Waals surface area contributed by atoms with Crippen LogP contribution in [0.3, 0.4) is 0 Å². The van der Waals surface area contributed by atoms with Gasteiger partial charge in [0.2, 0.25) is 0 Å². The highest BCUT2D eigenvalue weighted by atomic mass is 32.1. The third kappa shape index (κ3) is 3.90. The van der Waals surface area contributed by atoms with Crippen molar-refractivity contribution in [3.05, 3.63) is 75.7 Å². The van der Waals surface area contributed by atoms with E-state index < -0.39 is 0 Å². The number of carbonyl (C=O) groups excluding carboxylic acids is 1. The van der Waals surface area contributed by atoms with Crippen molar-refractivity contribution in [1.29, 1.82) is 0 Å². The molecule has 0 unspecified atom stereocenters. The van der Waals surface area contributed by atoms with Gasteiger partial charge in [-0.25, -0.2) is 4.98 Å². The number of aromatic nitrogens is 2. The smallest absolute Gasteiger partial charge is 0.263 e. The van der Waals surface area contributed by atoms with Gasteiger partial charge in [-0.15, -0.1) is 11.3 Å². The third-order valence-corrected chi connectivity index (χ3v) is 5.91. The van der Waals surface area contributed by atoms with Gasteiger partial charge in [0.05, 0.1) is 5.69 Å². The summed E-state index contributed by atoms with van der Waals surface area (Å²) in [4.78, 5) is 33.7. The summed E-state index contributed by atoms with van der Waals surface area (Å²) in [5, 5.41) is 3.14. The number of benzene rings is 1. The fraction of sp³-hybridized carbons (Fsp3) is 0.286. The summed E-state index contributed by atoms with van der Waals surface area (Å²) >= 11 is 1.66. The second-order valence-electron chi connectivity index (χ2n) is 6.92. The Kier molecular flexibility index (Phi) is 5.36. The molecule has 28 heavy (non-hydrogen) atoms. The Morgan fingerprint density at radius 3 is 2.57 bits per heavy atom. The molecule has 1 saturated heterocycles. The van der Waals surface area contributed by atoms with Crippen molar-refractivity contribution in [2.45, 2.75) is 6.54 Å². The highest BCUT2D eigenvalue weighted by Gasteiger charge is 2.24. The molecule has 2 aromatic heterocycles. The van der Waals surface area contributed by atoms with Crippen molar-refractivity contribution in [1.82, 2.24) is 19.4 Å². The van der Waals surface area contributed by atoms with Crippen LogP contribution in [0.15, 0.2) is 58.8 Å². The first-order chi connectivity index (χ1) is 13.6. The first kappa shape index (κ1) is 18.6. The van der Waals surface area contributed by atoms with E-state index in [0.29, 0.717) is 13.1 Å². The molecule has 4 rings (SSSR count). The topological polar surface area (TPSA) is 58.4 Å². The number of carbonyl (C=O) groups is 1. The molecule has 3 heterocycles. The predicted octanol–water partition coefficient (Wildman–Crippen LogP) is 2.47. The first-order valence-corrected chi connectivity index (χ1v) is 10.2. The van der Waals surface area contributed by atoms with Gasteiger partial charge in [-0.05, 0) is 12.1 Å². The molecule has 1 aliphatic rings. The van der Waals surface area contributed by atoms with Crippen molar-refractivity contribution in [3.63, 3.8) is 0 Å². The van der Waals surface area contributed by atoms with Crippen molar-refractivity contribution in [2.75, 3.05) is 26.2 Å². The quantitative estimate of drug-likeness (QED) is 0.682. The van der Waals surface area contributed by atoms with Gasteiger partial charge >= 0.3 is 0 Å². The van der Waals surface area contributed by atoms with Crippen LogP contribution < -0.4 is 5.56 Å². The zero-order valence-corrected chi connectivity index (χ0v) is 16.6. The second-order valence-corrected chi connectivity index (χ2v) is 7.77. The third-order valence-electron chi connectivity index (χ3n) is 4.97. The summed E-state index contributed by atoms with van der Waals surface area (Å²) in [7, 11) is 1.66. The summed E-state index contributed by atoms with van der Waals surface area (Å²) in [6.45, 7) is 3.56. The minimum atomic E-state index is -0.245. The molecule has 0 radical (unpaired) electrons. The van der Waals surface area contributed by atoms with E-state index in [1.54, 1.807) is 41.6 Å². The highest BCUT2D eigenvalue weighted by molar-refractivity contribution is 7.13. The molecule has 144 valence electrons. The maximum atomic E-state index is 12.7. The lowest BCUT2D eigenvalue weighted by Gasteiger charge is -2.34. The lowest BCUT2D eigenvalue weighted by molar-refractivity contribution is 0.0625. The molecule has 0 N–H and O–H groups in total. The van der Waals surface area contributed by atoms with Gasteiger partial charge in [0.1, 0.15) is 10.6 Å². The lowest BCUT2D eigenvalue weighted by Crippen LogP contribution is -2.49. The molecule has 6 nitrogen and oxygen atoms in total. The SMILES string of the molecule is Cn1cccc(C(=O)N2CCN(Cc3csc(-c4ccccc4)n3)CC2)c1=O. The molecule has 7 heteroatoms. The van der Waals surface area contributed by atoms with E-state index in [2.05, 4.69) is 22.4 Å². The first-order valence-electron chi connectivity index (χ1n) is 9.29. The van der Waals surface area contributed by atoms with Crippen LogP contribution in [0.25, 0.3) is 10.6 Å². The minimum Gasteiger partial charge on any atom is -0.336 e. The van der Waals surface area contributed by atoms with E-state index in [9.17, 15) is 9.59 Å². The van der Waals surface area contributed by atoms with Gasteiger partial charge in [0, 0.05) is 56.9 Å². The molecule has 1 aromatic carbocycles. The van der Waals surface area contributed by atoms with E-state index in [1.807, 2.05) is 18.2 Å². The van der Waals surface area contributed by atoms with Crippen molar-refractivity contribution >= 4 is 17.2 Å². The van der Waals surface area contributed by atoms with Crippen LogP contribution in [0.1, 0.15) is 16.1 Å². The molecule has 1 aliphatic heterocycles. The number of rotatable bonds is 4.